The van der Waals surface area contributed by atoms with Crippen LogP contribution < -0.4 is 15.3 Å². The number of thioether (sulfide) groups is 1. The number of nitrogens with zero attached hydrogens (tertiary/aromatic N) is 4. The highest BCUT2D eigenvalue weighted by molar-refractivity contribution is 7.99. The molecule has 0 spiro atoms. The Kier molecular flexibility index (Phi) is 6.00. The highest BCUT2D eigenvalue weighted by Crippen LogP contribution is 2.47. The molecule has 2 aliphatic heterocycles. The van der Waals surface area contributed by atoms with Crippen LogP contribution in [0, 0.1) is 11.6 Å². The van der Waals surface area contributed by atoms with Gasteiger partial charge in [0.1, 0.15) is 23.2 Å². The Balaban J connectivity index is 1.74. The molecule has 0 aliphatic carbocycles. The Labute approximate surface area is 205 Å². The number of hydrogen-bond acceptors (Lipinski definition) is 6. The maximum Gasteiger partial charge on any atom is 0.350 e. The van der Waals surface area contributed by atoms with Gasteiger partial charge in [0.25, 0.3) is 0 Å². The molecule has 182 valence electrons. The fourth-order valence-electron chi connectivity index (χ4n) is 4.89. The average Bonchev–Trinajstić information content (AvgIpc) is 2.85. The number of ether oxygens (including phenoxy) is 1. The zero-order valence-corrected chi connectivity index (χ0v) is 20.2. The van der Waals surface area contributed by atoms with Gasteiger partial charge in [-0.25, -0.2) is 13.6 Å². The van der Waals surface area contributed by atoms with Gasteiger partial charge in [0.2, 0.25) is 5.91 Å². The quantitative estimate of drug-likeness (QED) is 0.512. The van der Waals surface area contributed by atoms with E-state index in [1.807, 2.05) is 11.8 Å². The number of aromatic nitrogens is 2. The van der Waals surface area contributed by atoms with Gasteiger partial charge in [-0.3, -0.25) is 9.36 Å². The van der Waals surface area contributed by atoms with Gasteiger partial charge in [-0.1, -0.05) is 6.58 Å². The standard InChI is InChI=1S/C25H24F2N4O3S/c1-4-20(32)29-7-8-30(14(2)13-29)24-17-12-19(34-3)21(16-6-5-15(26)11-18(16)27)23-22(17)31(9-10-35-23)25(33)28-24/h4-6,11-12,14H,1,7-10,13H2,2-3H3. The number of aryl methyl sites for hydroxylation is 1. The fraction of sp³-hybridized carbons (Fsp3) is 0.320. The predicted octanol–water partition coefficient (Wildman–Crippen LogP) is 3.68. The Bertz CT molecular complexity index is 1420. The first kappa shape index (κ1) is 23.3. The van der Waals surface area contributed by atoms with Gasteiger partial charge in [0, 0.05) is 65.4 Å². The molecular weight excluding hydrogens is 474 g/mol. The van der Waals surface area contributed by atoms with E-state index < -0.39 is 11.6 Å². The average molecular weight is 499 g/mol. The van der Waals surface area contributed by atoms with Gasteiger partial charge < -0.3 is 14.5 Å². The number of rotatable bonds is 4. The molecule has 1 fully saturated rings. The molecule has 1 unspecified atom stereocenters. The molecule has 0 saturated carbocycles. The number of carbonyl (C=O) groups excluding carboxylic acids is 1. The normalized spacial score (nSPS) is 17.5. The Morgan fingerprint density at radius 2 is 2.06 bits per heavy atom. The van der Waals surface area contributed by atoms with E-state index in [0.717, 1.165) is 6.07 Å². The van der Waals surface area contributed by atoms with E-state index in [0.29, 0.717) is 64.9 Å². The highest BCUT2D eigenvalue weighted by Gasteiger charge is 2.32. The summed E-state index contributed by atoms with van der Waals surface area (Å²) in [6.45, 7) is 7.44. The van der Waals surface area contributed by atoms with Gasteiger partial charge in [-0.2, -0.15) is 4.98 Å². The van der Waals surface area contributed by atoms with Crippen molar-refractivity contribution in [1.29, 1.82) is 0 Å². The van der Waals surface area contributed by atoms with Crippen LogP contribution in [0.25, 0.3) is 22.0 Å². The number of benzene rings is 2. The summed E-state index contributed by atoms with van der Waals surface area (Å²) in [5, 5.41) is 0.713. The van der Waals surface area contributed by atoms with E-state index in [1.54, 1.807) is 15.5 Å². The maximum absolute atomic E-state index is 14.9. The zero-order chi connectivity index (χ0) is 24.9. The topological polar surface area (TPSA) is 67.7 Å². The number of piperazine rings is 1. The van der Waals surface area contributed by atoms with Crippen LogP contribution in [0.4, 0.5) is 14.6 Å². The van der Waals surface area contributed by atoms with Gasteiger partial charge in [0.15, 0.2) is 0 Å². The first-order valence-electron chi connectivity index (χ1n) is 11.3. The van der Waals surface area contributed by atoms with Crippen LogP contribution in [0.1, 0.15) is 6.92 Å². The third kappa shape index (κ3) is 3.85. The van der Waals surface area contributed by atoms with E-state index in [4.69, 9.17) is 4.74 Å². The summed E-state index contributed by atoms with van der Waals surface area (Å²) in [6, 6.07) is 5.12. The summed E-state index contributed by atoms with van der Waals surface area (Å²) in [4.78, 5) is 34.1. The number of carbonyl (C=O) groups is 1. The van der Waals surface area contributed by atoms with Gasteiger partial charge in [-0.15, -0.1) is 11.8 Å². The van der Waals surface area contributed by atoms with Crippen LogP contribution in [-0.4, -0.2) is 58.9 Å². The monoisotopic (exact) mass is 498 g/mol. The number of halogens is 2. The van der Waals surface area contributed by atoms with Crippen molar-refractivity contribution in [2.24, 2.45) is 0 Å². The maximum atomic E-state index is 14.9. The third-order valence-electron chi connectivity index (χ3n) is 6.53. The van der Waals surface area contributed by atoms with Crippen molar-refractivity contribution in [3.05, 3.63) is 59.0 Å². The molecule has 0 radical (unpaired) electrons. The van der Waals surface area contributed by atoms with E-state index in [9.17, 15) is 18.4 Å². The summed E-state index contributed by atoms with van der Waals surface area (Å²) in [5.41, 5.74) is 0.966. The smallest absolute Gasteiger partial charge is 0.350 e. The second kappa shape index (κ2) is 8.99. The van der Waals surface area contributed by atoms with E-state index >= 15 is 0 Å². The van der Waals surface area contributed by atoms with Gasteiger partial charge >= 0.3 is 5.69 Å². The lowest BCUT2D eigenvalue weighted by Gasteiger charge is -2.40. The lowest BCUT2D eigenvalue weighted by Crippen LogP contribution is -2.54. The Hall–Kier alpha value is -3.40. The van der Waals surface area contributed by atoms with Crippen molar-refractivity contribution in [3.63, 3.8) is 0 Å². The van der Waals surface area contributed by atoms with E-state index in [1.165, 1.54) is 37.1 Å². The molecule has 1 saturated heterocycles. The molecular formula is C25H24F2N4O3S. The van der Waals surface area contributed by atoms with Crippen LogP contribution in [-0.2, 0) is 11.3 Å². The molecule has 2 aliphatic rings. The van der Waals surface area contributed by atoms with Crippen molar-refractivity contribution in [2.75, 3.05) is 37.4 Å². The molecule has 10 heteroatoms. The fourth-order valence-corrected chi connectivity index (χ4v) is 6.07. The minimum absolute atomic E-state index is 0.0992. The summed E-state index contributed by atoms with van der Waals surface area (Å²) >= 11 is 1.51. The van der Waals surface area contributed by atoms with Crippen molar-refractivity contribution in [1.82, 2.24) is 14.5 Å². The first-order chi connectivity index (χ1) is 16.8. The van der Waals surface area contributed by atoms with Crippen molar-refractivity contribution in [2.45, 2.75) is 24.4 Å². The van der Waals surface area contributed by atoms with Gasteiger partial charge in [-0.05, 0) is 31.2 Å². The summed E-state index contributed by atoms with van der Waals surface area (Å²) in [5.74, 6) is 0.0145. The molecule has 1 atom stereocenters. The number of methoxy groups -OCH3 is 1. The molecule has 0 N–H and O–H groups in total. The number of amides is 1. The molecule has 5 rings (SSSR count). The second-order valence-electron chi connectivity index (χ2n) is 8.55. The molecule has 1 amide bonds. The van der Waals surface area contributed by atoms with Crippen LogP contribution >= 0.6 is 11.8 Å². The summed E-state index contributed by atoms with van der Waals surface area (Å²) in [7, 11) is 1.50. The molecule has 0 bridgehead atoms. The molecule has 3 aromatic rings. The molecule has 2 aromatic carbocycles. The first-order valence-corrected chi connectivity index (χ1v) is 12.2. The SMILES string of the molecule is C=CC(=O)N1CCN(c2nc(=O)n3c4c(c(-c5ccc(F)cc5F)c(OC)cc24)SCC3)C(C)C1. The zero-order valence-electron chi connectivity index (χ0n) is 19.4. The van der Waals surface area contributed by atoms with Crippen molar-refractivity contribution in [3.8, 4) is 16.9 Å². The summed E-state index contributed by atoms with van der Waals surface area (Å²) < 4.78 is 35.8. The van der Waals surface area contributed by atoms with Crippen molar-refractivity contribution >= 4 is 34.4 Å². The minimum atomic E-state index is -0.704. The molecule has 7 nitrogen and oxygen atoms in total. The lowest BCUT2D eigenvalue weighted by molar-refractivity contribution is -0.126. The Morgan fingerprint density at radius 3 is 2.74 bits per heavy atom. The Morgan fingerprint density at radius 1 is 1.26 bits per heavy atom. The summed E-state index contributed by atoms with van der Waals surface area (Å²) in [6.07, 6.45) is 1.30. The minimum Gasteiger partial charge on any atom is -0.496 e. The molecule has 3 heterocycles. The van der Waals surface area contributed by atoms with Crippen molar-refractivity contribution < 1.29 is 18.3 Å². The van der Waals surface area contributed by atoms with Gasteiger partial charge in [0.05, 0.1) is 12.6 Å². The lowest BCUT2D eigenvalue weighted by atomic mass is 10.0. The number of hydrogen-bond donors (Lipinski definition) is 0. The highest BCUT2D eigenvalue weighted by atomic mass is 32.2. The number of anilines is 1. The van der Waals surface area contributed by atoms with Crippen LogP contribution in [0.3, 0.4) is 0 Å². The molecule has 35 heavy (non-hydrogen) atoms. The van der Waals surface area contributed by atoms with E-state index in [-0.39, 0.29) is 23.2 Å². The third-order valence-corrected chi connectivity index (χ3v) is 7.60. The largest absolute Gasteiger partial charge is 0.496 e. The predicted molar refractivity (Wildman–Crippen MR) is 132 cm³/mol. The van der Waals surface area contributed by atoms with Crippen LogP contribution in [0.2, 0.25) is 0 Å². The van der Waals surface area contributed by atoms with Crippen LogP contribution in [0.15, 0.2) is 46.6 Å². The second-order valence-corrected chi connectivity index (χ2v) is 9.66. The van der Waals surface area contributed by atoms with Crippen LogP contribution in [0.5, 0.6) is 5.75 Å². The molecule has 1 aromatic heterocycles. The van der Waals surface area contributed by atoms with E-state index in [2.05, 4.69) is 11.6 Å².